The van der Waals surface area contributed by atoms with Gasteiger partial charge in [0.25, 0.3) is 0 Å². The van der Waals surface area contributed by atoms with Crippen LogP contribution in [0.1, 0.15) is 49.7 Å². The summed E-state index contributed by atoms with van der Waals surface area (Å²) < 4.78 is 0. The van der Waals surface area contributed by atoms with Crippen LogP contribution in [0.25, 0.3) is 0 Å². The van der Waals surface area contributed by atoms with Crippen LogP contribution in [0.3, 0.4) is 0 Å². The van der Waals surface area contributed by atoms with E-state index < -0.39 is 0 Å². The molecule has 1 saturated carbocycles. The van der Waals surface area contributed by atoms with Crippen LogP contribution in [0.2, 0.25) is 0 Å². The summed E-state index contributed by atoms with van der Waals surface area (Å²) in [6.45, 7) is 5.37. The monoisotopic (exact) mass is 355 g/mol. The Morgan fingerprint density at radius 2 is 1.81 bits per heavy atom. The van der Waals surface area contributed by atoms with Crippen molar-refractivity contribution < 1.29 is 4.79 Å². The molecule has 2 aliphatic heterocycles. The Balaban J connectivity index is 1.48. The molecule has 4 nitrogen and oxygen atoms in total. The predicted molar refractivity (Wildman–Crippen MR) is 105 cm³/mol. The summed E-state index contributed by atoms with van der Waals surface area (Å²) in [6, 6.07) is 8.67. The van der Waals surface area contributed by atoms with Crippen molar-refractivity contribution in [3.63, 3.8) is 0 Å². The minimum atomic E-state index is 0.0921. The third-order valence-corrected chi connectivity index (χ3v) is 7.01. The Bertz CT molecular complexity index is 630. The third-order valence-electron chi connectivity index (χ3n) is 7.01. The first-order chi connectivity index (χ1) is 12.7. The van der Waals surface area contributed by atoms with Crippen LogP contribution in [0.4, 0.5) is 0 Å². The number of benzene rings is 1. The van der Waals surface area contributed by atoms with Gasteiger partial charge in [-0.1, -0.05) is 37.1 Å². The molecule has 2 fully saturated rings. The van der Waals surface area contributed by atoms with E-state index in [9.17, 15) is 4.79 Å². The molecular formula is C22H33N3O. The van der Waals surface area contributed by atoms with Gasteiger partial charge >= 0.3 is 0 Å². The van der Waals surface area contributed by atoms with Gasteiger partial charge in [0.05, 0.1) is 6.54 Å². The van der Waals surface area contributed by atoms with E-state index in [1.54, 1.807) is 0 Å². The number of carbonyl (C=O) groups excluding carboxylic acids is 1. The fourth-order valence-corrected chi connectivity index (χ4v) is 5.42. The van der Waals surface area contributed by atoms with Crippen molar-refractivity contribution in [2.24, 2.45) is 17.1 Å². The van der Waals surface area contributed by atoms with Gasteiger partial charge in [0, 0.05) is 19.6 Å². The maximum Gasteiger partial charge on any atom is 0.236 e. The minimum absolute atomic E-state index is 0.0921. The molecule has 1 amide bonds. The second-order valence-corrected chi connectivity index (χ2v) is 8.85. The van der Waals surface area contributed by atoms with Crippen molar-refractivity contribution in [1.82, 2.24) is 9.80 Å². The van der Waals surface area contributed by atoms with Crippen molar-refractivity contribution in [1.29, 1.82) is 0 Å². The zero-order valence-corrected chi connectivity index (χ0v) is 16.0. The van der Waals surface area contributed by atoms with E-state index in [2.05, 4.69) is 29.2 Å². The average Bonchev–Trinajstić information content (AvgIpc) is 3.11. The molecule has 4 heteroatoms. The van der Waals surface area contributed by atoms with Gasteiger partial charge < -0.3 is 15.5 Å². The Kier molecular flexibility index (Phi) is 5.32. The van der Waals surface area contributed by atoms with Crippen molar-refractivity contribution >= 4 is 5.91 Å². The van der Waals surface area contributed by atoms with Crippen LogP contribution >= 0.6 is 0 Å². The number of hydrogen-bond acceptors (Lipinski definition) is 3. The van der Waals surface area contributed by atoms with E-state index in [-0.39, 0.29) is 17.9 Å². The summed E-state index contributed by atoms with van der Waals surface area (Å²) >= 11 is 0. The number of rotatable bonds is 3. The summed E-state index contributed by atoms with van der Waals surface area (Å²) in [4.78, 5) is 17.2. The van der Waals surface area contributed by atoms with Crippen molar-refractivity contribution in [3.8, 4) is 0 Å². The maximum atomic E-state index is 12.4. The van der Waals surface area contributed by atoms with Crippen LogP contribution in [0.15, 0.2) is 24.3 Å². The highest BCUT2D eigenvalue weighted by Crippen LogP contribution is 2.40. The van der Waals surface area contributed by atoms with Crippen molar-refractivity contribution in [2.45, 2.75) is 51.5 Å². The molecule has 142 valence electrons. The SMILES string of the molecule is NCC(=O)N1Cc2ccccc2CC2(CCN(CC3CCCC3)CC2)C1. The molecule has 1 aliphatic carbocycles. The molecule has 0 unspecified atom stereocenters. The van der Waals surface area contributed by atoms with Crippen LogP contribution < -0.4 is 5.73 Å². The lowest BCUT2D eigenvalue weighted by Gasteiger charge is -2.44. The summed E-state index contributed by atoms with van der Waals surface area (Å²) in [5.74, 6) is 1.02. The number of carbonyl (C=O) groups is 1. The van der Waals surface area contributed by atoms with Gasteiger partial charge in [-0.15, -0.1) is 0 Å². The number of nitrogens with zero attached hydrogens (tertiary/aromatic N) is 2. The van der Waals surface area contributed by atoms with E-state index >= 15 is 0 Å². The second kappa shape index (κ2) is 7.69. The van der Waals surface area contributed by atoms with Gasteiger partial charge in [-0.05, 0) is 67.7 Å². The fraction of sp³-hybridized carbons (Fsp3) is 0.682. The lowest BCUT2D eigenvalue weighted by molar-refractivity contribution is -0.132. The minimum Gasteiger partial charge on any atom is -0.337 e. The van der Waals surface area contributed by atoms with Gasteiger partial charge in [-0.3, -0.25) is 4.79 Å². The highest BCUT2D eigenvalue weighted by Gasteiger charge is 2.40. The van der Waals surface area contributed by atoms with E-state index in [1.165, 1.54) is 69.3 Å². The molecule has 3 aliphatic rings. The van der Waals surface area contributed by atoms with Crippen LogP contribution in [0, 0.1) is 11.3 Å². The molecule has 0 aromatic heterocycles. The van der Waals surface area contributed by atoms with Crippen molar-refractivity contribution in [2.75, 3.05) is 32.7 Å². The number of amides is 1. The Hall–Kier alpha value is -1.39. The largest absolute Gasteiger partial charge is 0.337 e. The average molecular weight is 356 g/mol. The van der Waals surface area contributed by atoms with Gasteiger partial charge in [-0.2, -0.15) is 0 Å². The lowest BCUT2D eigenvalue weighted by Crippen LogP contribution is -2.49. The van der Waals surface area contributed by atoms with Gasteiger partial charge in [0.1, 0.15) is 0 Å². The topological polar surface area (TPSA) is 49.6 Å². The van der Waals surface area contributed by atoms with Gasteiger partial charge in [0.2, 0.25) is 5.91 Å². The molecule has 4 rings (SSSR count). The molecule has 0 radical (unpaired) electrons. The molecule has 1 spiro atoms. The van der Waals surface area contributed by atoms with Crippen LogP contribution in [0.5, 0.6) is 0 Å². The standard InChI is InChI=1S/C22H33N3O/c23-14-21(26)25-16-20-8-4-3-7-19(20)13-22(17-25)9-11-24(12-10-22)15-18-5-1-2-6-18/h3-4,7-8,18H,1-2,5-6,9-17,23H2. The van der Waals surface area contributed by atoms with Gasteiger partial charge in [0.15, 0.2) is 0 Å². The number of likely N-dealkylation sites (tertiary alicyclic amines) is 1. The lowest BCUT2D eigenvalue weighted by atomic mass is 9.73. The molecule has 0 atom stereocenters. The Morgan fingerprint density at radius 3 is 2.50 bits per heavy atom. The third kappa shape index (κ3) is 3.81. The van der Waals surface area contributed by atoms with E-state index in [0.29, 0.717) is 0 Å². The molecule has 1 aromatic carbocycles. The van der Waals surface area contributed by atoms with E-state index in [0.717, 1.165) is 25.4 Å². The first kappa shape index (κ1) is 18.0. The molecule has 26 heavy (non-hydrogen) atoms. The number of fused-ring (bicyclic) bond motifs is 1. The highest BCUT2D eigenvalue weighted by atomic mass is 16.2. The zero-order valence-electron chi connectivity index (χ0n) is 16.0. The van der Waals surface area contributed by atoms with Gasteiger partial charge in [-0.25, -0.2) is 0 Å². The quantitative estimate of drug-likeness (QED) is 0.907. The number of nitrogens with two attached hydrogens (primary N) is 1. The molecule has 0 bridgehead atoms. The highest BCUT2D eigenvalue weighted by molar-refractivity contribution is 5.78. The Labute approximate surface area is 157 Å². The summed E-state index contributed by atoms with van der Waals surface area (Å²) in [5.41, 5.74) is 8.67. The number of piperidine rings is 1. The smallest absolute Gasteiger partial charge is 0.236 e. The van der Waals surface area contributed by atoms with E-state index in [1.807, 2.05) is 4.90 Å². The molecular weight excluding hydrogens is 322 g/mol. The van der Waals surface area contributed by atoms with Crippen molar-refractivity contribution in [3.05, 3.63) is 35.4 Å². The second-order valence-electron chi connectivity index (χ2n) is 8.85. The Morgan fingerprint density at radius 1 is 1.12 bits per heavy atom. The molecule has 2 heterocycles. The molecule has 1 saturated heterocycles. The van der Waals surface area contributed by atoms with Crippen LogP contribution in [-0.4, -0.2) is 48.4 Å². The molecule has 1 aromatic rings. The summed E-state index contributed by atoms with van der Waals surface area (Å²) in [6.07, 6.45) is 9.20. The number of hydrogen-bond donors (Lipinski definition) is 1. The maximum absolute atomic E-state index is 12.4. The first-order valence-corrected chi connectivity index (χ1v) is 10.4. The predicted octanol–water partition coefficient (Wildman–Crippen LogP) is 2.80. The zero-order chi connectivity index (χ0) is 18.0. The van der Waals surface area contributed by atoms with E-state index in [4.69, 9.17) is 5.73 Å². The molecule has 2 N–H and O–H groups in total. The first-order valence-electron chi connectivity index (χ1n) is 10.4. The van der Waals surface area contributed by atoms with Crippen LogP contribution in [-0.2, 0) is 17.8 Å². The summed E-state index contributed by atoms with van der Waals surface area (Å²) in [7, 11) is 0. The fourth-order valence-electron chi connectivity index (χ4n) is 5.42. The normalized spacial score (nSPS) is 23.8. The summed E-state index contributed by atoms with van der Waals surface area (Å²) in [5, 5.41) is 0.